The number of carbonyl (C=O) groups excluding carboxylic acids is 1. The van der Waals surface area contributed by atoms with Crippen LogP contribution in [0.3, 0.4) is 0 Å². The van der Waals surface area contributed by atoms with Crippen LogP contribution >= 0.6 is 11.3 Å². The second-order valence-corrected chi connectivity index (χ2v) is 4.41. The molecule has 0 radical (unpaired) electrons. The predicted octanol–water partition coefficient (Wildman–Crippen LogP) is 2.53. The van der Waals surface area contributed by atoms with Crippen molar-refractivity contribution in [2.45, 2.75) is 19.4 Å². The summed E-state index contributed by atoms with van der Waals surface area (Å²) in [6, 6.07) is 1.00. The van der Waals surface area contributed by atoms with E-state index in [0.29, 0.717) is 11.4 Å². The van der Waals surface area contributed by atoms with Crippen LogP contribution < -0.4 is 10.6 Å². The Morgan fingerprint density at radius 1 is 1.65 bits per heavy atom. The summed E-state index contributed by atoms with van der Waals surface area (Å²) in [5, 5.41) is 16.0. The molecule has 0 saturated carbocycles. The van der Waals surface area contributed by atoms with Crippen molar-refractivity contribution in [3.05, 3.63) is 29.7 Å². The zero-order chi connectivity index (χ0) is 12.8. The Morgan fingerprint density at radius 2 is 2.35 bits per heavy atom. The number of urea groups is 1. The van der Waals surface area contributed by atoms with Gasteiger partial charge in [0.2, 0.25) is 0 Å². The number of carboxylic acid groups (broad SMARTS) is 1. The number of carboxylic acids is 1. The van der Waals surface area contributed by atoms with Gasteiger partial charge in [-0.05, 0) is 24.8 Å². The number of anilines is 1. The summed E-state index contributed by atoms with van der Waals surface area (Å²) < 4.78 is 0. The highest BCUT2D eigenvalue weighted by Gasteiger charge is 2.14. The first-order valence-electron chi connectivity index (χ1n) is 5.03. The highest BCUT2D eigenvalue weighted by Crippen LogP contribution is 2.22. The second kappa shape index (κ2) is 6.05. The lowest BCUT2D eigenvalue weighted by Gasteiger charge is -2.12. The average Bonchev–Trinajstić information content (AvgIpc) is 2.65. The first kappa shape index (κ1) is 13.2. The van der Waals surface area contributed by atoms with E-state index < -0.39 is 12.0 Å². The summed E-state index contributed by atoms with van der Waals surface area (Å²) in [6.07, 6.45) is 2.36. The molecule has 1 aromatic rings. The molecule has 17 heavy (non-hydrogen) atoms. The minimum absolute atomic E-state index is 0.0410. The molecule has 0 bridgehead atoms. The molecule has 0 fully saturated rings. The Kier molecular flexibility index (Phi) is 4.71. The largest absolute Gasteiger partial charge is 0.478 e. The van der Waals surface area contributed by atoms with Crippen LogP contribution in [0, 0.1) is 0 Å². The quantitative estimate of drug-likeness (QED) is 0.706. The second-order valence-electron chi connectivity index (χ2n) is 3.49. The van der Waals surface area contributed by atoms with Crippen molar-refractivity contribution in [3.8, 4) is 0 Å². The van der Waals surface area contributed by atoms with E-state index in [9.17, 15) is 9.59 Å². The molecule has 0 aliphatic carbocycles. The van der Waals surface area contributed by atoms with Crippen molar-refractivity contribution in [2.24, 2.45) is 0 Å². The molecule has 1 rings (SSSR count). The normalized spacial score (nSPS) is 11.6. The van der Waals surface area contributed by atoms with E-state index in [2.05, 4.69) is 17.2 Å². The molecular weight excluding hydrogens is 240 g/mol. The summed E-state index contributed by atoms with van der Waals surface area (Å²) >= 11 is 1.17. The fourth-order valence-corrected chi connectivity index (χ4v) is 2.02. The number of amides is 2. The van der Waals surface area contributed by atoms with Gasteiger partial charge in [-0.2, -0.15) is 0 Å². The van der Waals surface area contributed by atoms with Crippen LogP contribution in [-0.4, -0.2) is 23.1 Å². The van der Waals surface area contributed by atoms with Gasteiger partial charge in [0, 0.05) is 6.04 Å². The number of thiophene rings is 1. The molecule has 0 aliphatic heterocycles. The fourth-order valence-electron chi connectivity index (χ4n) is 1.25. The molecule has 0 aromatic carbocycles. The molecule has 6 heteroatoms. The molecule has 0 aliphatic rings. The van der Waals surface area contributed by atoms with Crippen molar-refractivity contribution < 1.29 is 14.7 Å². The van der Waals surface area contributed by atoms with E-state index in [1.165, 1.54) is 17.4 Å². The van der Waals surface area contributed by atoms with Crippen LogP contribution in [-0.2, 0) is 0 Å². The molecule has 5 nitrogen and oxygen atoms in total. The number of hydrogen-bond acceptors (Lipinski definition) is 3. The zero-order valence-corrected chi connectivity index (χ0v) is 10.2. The lowest BCUT2D eigenvalue weighted by molar-refractivity contribution is 0.0698. The third-order valence-electron chi connectivity index (χ3n) is 2.02. The third kappa shape index (κ3) is 3.92. The van der Waals surface area contributed by atoms with Gasteiger partial charge >= 0.3 is 12.0 Å². The number of rotatable bonds is 5. The van der Waals surface area contributed by atoms with Crippen molar-refractivity contribution >= 4 is 28.3 Å². The van der Waals surface area contributed by atoms with Crippen LogP contribution in [0.15, 0.2) is 24.1 Å². The van der Waals surface area contributed by atoms with E-state index in [4.69, 9.17) is 5.11 Å². The van der Waals surface area contributed by atoms with Crippen LogP contribution in [0.5, 0.6) is 0 Å². The molecular formula is C11H14N2O3S. The predicted molar refractivity (Wildman–Crippen MR) is 67.7 cm³/mol. The van der Waals surface area contributed by atoms with Gasteiger partial charge < -0.3 is 10.4 Å². The van der Waals surface area contributed by atoms with Gasteiger partial charge in [0.25, 0.3) is 0 Å². The van der Waals surface area contributed by atoms with Crippen LogP contribution in [0.2, 0.25) is 0 Å². The summed E-state index contributed by atoms with van der Waals surface area (Å²) in [7, 11) is 0. The first-order chi connectivity index (χ1) is 8.04. The molecule has 0 spiro atoms. The Balaban J connectivity index is 2.59. The standard InChI is InChI=1S/C11H14N2O3S/c1-3-4-7(2)12-11(16)13-9-8(10(14)15)5-6-17-9/h3,5-7H,1,4H2,2H3,(H,14,15)(H2,12,13,16). The van der Waals surface area contributed by atoms with Crippen molar-refractivity contribution in [1.29, 1.82) is 0 Å². The maximum atomic E-state index is 11.5. The summed E-state index contributed by atoms with van der Waals surface area (Å²) in [6.45, 7) is 5.41. The number of aromatic carboxylic acids is 1. The highest BCUT2D eigenvalue weighted by molar-refractivity contribution is 7.14. The van der Waals surface area contributed by atoms with Crippen LogP contribution in [0.1, 0.15) is 23.7 Å². The molecule has 1 atom stereocenters. The number of nitrogens with one attached hydrogen (secondary N) is 2. The topological polar surface area (TPSA) is 78.4 Å². The molecule has 1 aromatic heterocycles. The number of carbonyl (C=O) groups is 2. The van der Waals surface area contributed by atoms with E-state index in [0.717, 1.165) is 0 Å². The molecule has 3 N–H and O–H groups in total. The lowest BCUT2D eigenvalue weighted by atomic mass is 10.2. The van der Waals surface area contributed by atoms with E-state index in [-0.39, 0.29) is 11.6 Å². The Labute approximate surface area is 103 Å². The summed E-state index contributed by atoms with van der Waals surface area (Å²) in [5.74, 6) is -1.05. The Morgan fingerprint density at radius 3 is 2.94 bits per heavy atom. The van der Waals surface area contributed by atoms with Gasteiger partial charge in [-0.25, -0.2) is 9.59 Å². The Bertz CT molecular complexity index is 428. The van der Waals surface area contributed by atoms with E-state index in [1.54, 1.807) is 11.5 Å². The highest BCUT2D eigenvalue weighted by atomic mass is 32.1. The van der Waals surface area contributed by atoms with Gasteiger partial charge in [-0.15, -0.1) is 17.9 Å². The molecule has 92 valence electrons. The fraction of sp³-hybridized carbons (Fsp3) is 0.273. The van der Waals surface area contributed by atoms with Gasteiger partial charge in [-0.3, -0.25) is 5.32 Å². The van der Waals surface area contributed by atoms with Gasteiger partial charge in [0.15, 0.2) is 0 Å². The smallest absolute Gasteiger partial charge is 0.338 e. The van der Waals surface area contributed by atoms with Crippen molar-refractivity contribution in [2.75, 3.05) is 5.32 Å². The minimum Gasteiger partial charge on any atom is -0.478 e. The SMILES string of the molecule is C=CCC(C)NC(=O)Nc1sccc1C(=O)O. The van der Waals surface area contributed by atoms with Crippen LogP contribution in [0.25, 0.3) is 0 Å². The van der Waals surface area contributed by atoms with Crippen LogP contribution in [0.4, 0.5) is 9.80 Å². The van der Waals surface area contributed by atoms with Gasteiger partial charge in [0.1, 0.15) is 5.00 Å². The maximum absolute atomic E-state index is 11.5. The maximum Gasteiger partial charge on any atom is 0.338 e. The first-order valence-corrected chi connectivity index (χ1v) is 5.91. The minimum atomic E-state index is -1.05. The molecule has 1 heterocycles. The average molecular weight is 254 g/mol. The monoisotopic (exact) mass is 254 g/mol. The van der Waals surface area contributed by atoms with Gasteiger partial charge in [0.05, 0.1) is 5.56 Å². The van der Waals surface area contributed by atoms with Gasteiger partial charge in [-0.1, -0.05) is 6.08 Å². The molecule has 2 amide bonds. The lowest BCUT2D eigenvalue weighted by Crippen LogP contribution is -2.35. The summed E-state index contributed by atoms with van der Waals surface area (Å²) in [4.78, 5) is 22.3. The third-order valence-corrected chi connectivity index (χ3v) is 2.85. The zero-order valence-electron chi connectivity index (χ0n) is 9.40. The Hall–Kier alpha value is -1.82. The summed E-state index contributed by atoms with van der Waals surface area (Å²) in [5.41, 5.74) is 0.0986. The van der Waals surface area contributed by atoms with Crippen molar-refractivity contribution in [3.63, 3.8) is 0 Å². The molecule has 0 saturated heterocycles. The van der Waals surface area contributed by atoms with Crippen molar-refractivity contribution in [1.82, 2.24) is 5.32 Å². The van der Waals surface area contributed by atoms with E-state index in [1.807, 2.05) is 6.92 Å². The van der Waals surface area contributed by atoms with E-state index >= 15 is 0 Å². The molecule has 1 unspecified atom stereocenters. The number of hydrogen-bond donors (Lipinski definition) is 3.